The van der Waals surface area contributed by atoms with Gasteiger partial charge in [-0.3, -0.25) is 9.89 Å². The average molecular weight is 244 g/mol. The Morgan fingerprint density at radius 3 is 2.61 bits per heavy atom. The third kappa shape index (κ3) is 3.20. The van der Waals surface area contributed by atoms with Gasteiger partial charge in [0.05, 0.1) is 0 Å². The van der Waals surface area contributed by atoms with Crippen molar-refractivity contribution in [3.05, 3.63) is 35.9 Å². The van der Waals surface area contributed by atoms with E-state index in [0.29, 0.717) is 12.0 Å². The van der Waals surface area contributed by atoms with Gasteiger partial charge in [0.25, 0.3) is 0 Å². The summed E-state index contributed by atoms with van der Waals surface area (Å²) < 4.78 is 0. The number of hydrogen-bond acceptors (Lipinski definition) is 2. The Morgan fingerprint density at radius 2 is 1.94 bits per heavy atom. The van der Waals surface area contributed by atoms with Gasteiger partial charge in [0.2, 0.25) is 0 Å². The SMILES string of the molecule is CN=C1C[C@H](C)N(CCc2ccccc2)C[C@@H]1C. The molecule has 1 aromatic carbocycles. The largest absolute Gasteiger partial charge is 0.299 e. The second-order valence-electron chi connectivity index (χ2n) is 5.40. The molecule has 0 aromatic heterocycles. The van der Waals surface area contributed by atoms with Gasteiger partial charge in [0, 0.05) is 44.2 Å². The topological polar surface area (TPSA) is 15.6 Å². The van der Waals surface area contributed by atoms with Crippen LogP contribution in [0, 0.1) is 5.92 Å². The van der Waals surface area contributed by atoms with Gasteiger partial charge in [-0.05, 0) is 18.9 Å². The van der Waals surface area contributed by atoms with E-state index in [1.807, 2.05) is 7.05 Å². The van der Waals surface area contributed by atoms with Crippen LogP contribution in [0.15, 0.2) is 35.3 Å². The van der Waals surface area contributed by atoms with E-state index in [2.05, 4.69) is 54.1 Å². The van der Waals surface area contributed by atoms with Gasteiger partial charge in [-0.15, -0.1) is 0 Å². The fourth-order valence-corrected chi connectivity index (χ4v) is 2.81. The molecule has 1 aliphatic heterocycles. The Morgan fingerprint density at radius 1 is 1.22 bits per heavy atom. The third-order valence-corrected chi connectivity index (χ3v) is 4.02. The molecule has 2 rings (SSSR count). The summed E-state index contributed by atoms with van der Waals surface area (Å²) in [4.78, 5) is 7.03. The summed E-state index contributed by atoms with van der Waals surface area (Å²) in [7, 11) is 1.93. The highest BCUT2D eigenvalue weighted by atomic mass is 15.2. The number of hydrogen-bond donors (Lipinski definition) is 0. The van der Waals surface area contributed by atoms with Gasteiger partial charge < -0.3 is 0 Å². The quantitative estimate of drug-likeness (QED) is 0.798. The van der Waals surface area contributed by atoms with Crippen molar-refractivity contribution in [2.75, 3.05) is 20.1 Å². The van der Waals surface area contributed by atoms with Crippen LogP contribution in [0.25, 0.3) is 0 Å². The van der Waals surface area contributed by atoms with Gasteiger partial charge in [-0.1, -0.05) is 37.3 Å². The second kappa shape index (κ2) is 6.14. The molecule has 0 saturated carbocycles. The number of likely N-dealkylation sites (tertiary alicyclic amines) is 1. The Hall–Kier alpha value is -1.15. The maximum absolute atomic E-state index is 4.42. The van der Waals surface area contributed by atoms with Gasteiger partial charge in [0.15, 0.2) is 0 Å². The summed E-state index contributed by atoms with van der Waals surface area (Å²) in [6, 6.07) is 11.4. The summed E-state index contributed by atoms with van der Waals surface area (Å²) in [6.07, 6.45) is 2.28. The first-order valence-electron chi connectivity index (χ1n) is 6.94. The second-order valence-corrected chi connectivity index (χ2v) is 5.40. The molecule has 1 fully saturated rings. The Bertz CT molecular complexity index is 397. The van der Waals surface area contributed by atoms with Crippen molar-refractivity contribution in [1.29, 1.82) is 0 Å². The zero-order valence-corrected chi connectivity index (χ0v) is 11.8. The fraction of sp³-hybridized carbons (Fsp3) is 0.562. The summed E-state index contributed by atoms with van der Waals surface area (Å²) >= 11 is 0. The molecule has 0 aliphatic carbocycles. The van der Waals surface area contributed by atoms with E-state index in [-0.39, 0.29) is 0 Å². The summed E-state index contributed by atoms with van der Waals surface area (Å²) in [5, 5.41) is 0. The standard InChI is InChI=1S/C16H24N2/c1-13-12-18(14(2)11-16(13)17-3)10-9-15-7-5-4-6-8-15/h4-8,13-14H,9-12H2,1-3H3/t13-,14-/m0/s1. The minimum Gasteiger partial charge on any atom is -0.299 e. The summed E-state index contributed by atoms with van der Waals surface area (Å²) in [6.45, 7) is 6.93. The molecule has 1 aliphatic rings. The summed E-state index contributed by atoms with van der Waals surface area (Å²) in [5.41, 5.74) is 2.82. The highest BCUT2D eigenvalue weighted by Gasteiger charge is 2.26. The van der Waals surface area contributed by atoms with Gasteiger partial charge >= 0.3 is 0 Å². The lowest BCUT2D eigenvalue weighted by molar-refractivity contribution is 0.183. The van der Waals surface area contributed by atoms with Crippen molar-refractivity contribution in [2.45, 2.75) is 32.7 Å². The van der Waals surface area contributed by atoms with Crippen molar-refractivity contribution < 1.29 is 0 Å². The molecular formula is C16H24N2. The van der Waals surface area contributed by atoms with Crippen LogP contribution in [0.2, 0.25) is 0 Å². The molecule has 98 valence electrons. The van der Waals surface area contributed by atoms with Crippen LogP contribution >= 0.6 is 0 Å². The zero-order valence-electron chi connectivity index (χ0n) is 11.8. The van der Waals surface area contributed by atoms with Gasteiger partial charge in [-0.25, -0.2) is 0 Å². The van der Waals surface area contributed by atoms with E-state index >= 15 is 0 Å². The molecule has 0 radical (unpaired) electrons. The summed E-state index contributed by atoms with van der Waals surface area (Å²) in [5.74, 6) is 0.613. The van der Waals surface area contributed by atoms with E-state index in [1.54, 1.807) is 0 Å². The Balaban J connectivity index is 1.90. The lowest BCUT2D eigenvalue weighted by Gasteiger charge is -2.37. The minimum absolute atomic E-state index is 0.613. The molecule has 0 N–H and O–H groups in total. The molecule has 0 amide bonds. The van der Waals surface area contributed by atoms with Crippen LogP contribution in [0.5, 0.6) is 0 Å². The predicted molar refractivity (Wildman–Crippen MR) is 78.3 cm³/mol. The molecule has 1 aromatic rings. The molecule has 1 heterocycles. The molecule has 1 saturated heterocycles. The van der Waals surface area contributed by atoms with Crippen LogP contribution in [0.3, 0.4) is 0 Å². The van der Waals surface area contributed by atoms with Crippen LogP contribution in [-0.2, 0) is 6.42 Å². The molecule has 18 heavy (non-hydrogen) atoms. The molecule has 2 nitrogen and oxygen atoms in total. The molecule has 0 unspecified atom stereocenters. The van der Waals surface area contributed by atoms with Gasteiger partial charge in [0.1, 0.15) is 0 Å². The fourth-order valence-electron chi connectivity index (χ4n) is 2.81. The lowest BCUT2D eigenvalue weighted by Crippen LogP contribution is -2.46. The molecule has 0 spiro atoms. The monoisotopic (exact) mass is 244 g/mol. The van der Waals surface area contributed by atoms with E-state index in [4.69, 9.17) is 0 Å². The Kier molecular flexibility index (Phi) is 4.54. The van der Waals surface area contributed by atoms with Crippen molar-refractivity contribution in [3.8, 4) is 0 Å². The maximum Gasteiger partial charge on any atom is 0.0276 e. The van der Waals surface area contributed by atoms with Crippen molar-refractivity contribution in [3.63, 3.8) is 0 Å². The van der Waals surface area contributed by atoms with Crippen molar-refractivity contribution in [2.24, 2.45) is 10.9 Å². The smallest absolute Gasteiger partial charge is 0.0276 e. The van der Waals surface area contributed by atoms with E-state index in [1.165, 1.54) is 11.3 Å². The first-order valence-corrected chi connectivity index (χ1v) is 6.94. The van der Waals surface area contributed by atoms with E-state index in [0.717, 1.165) is 25.9 Å². The van der Waals surface area contributed by atoms with Crippen LogP contribution < -0.4 is 0 Å². The number of nitrogens with zero attached hydrogens (tertiary/aromatic N) is 2. The van der Waals surface area contributed by atoms with Crippen LogP contribution in [-0.4, -0.2) is 36.8 Å². The number of rotatable bonds is 3. The van der Waals surface area contributed by atoms with Crippen LogP contribution in [0.1, 0.15) is 25.8 Å². The number of piperidine rings is 1. The molecule has 2 heteroatoms. The first kappa shape index (κ1) is 13.3. The maximum atomic E-state index is 4.42. The van der Waals surface area contributed by atoms with Crippen molar-refractivity contribution in [1.82, 2.24) is 4.90 Å². The first-order chi connectivity index (χ1) is 8.70. The lowest BCUT2D eigenvalue weighted by atomic mass is 9.92. The van der Waals surface area contributed by atoms with Crippen LogP contribution in [0.4, 0.5) is 0 Å². The molecule has 2 atom stereocenters. The predicted octanol–water partition coefficient (Wildman–Crippen LogP) is 3.03. The van der Waals surface area contributed by atoms with E-state index < -0.39 is 0 Å². The van der Waals surface area contributed by atoms with Gasteiger partial charge in [-0.2, -0.15) is 0 Å². The van der Waals surface area contributed by atoms with Crippen molar-refractivity contribution >= 4 is 5.71 Å². The highest BCUT2D eigenvalue weighted by molar-refractivity contribution is 5.87. The molecule has 0 bridgehead atoms. The number of benzene rings is 1. The highest BCUT2D eigenvalue weighted by Crippen LogP contribution is 2.20. The minimum atomic E-state index is 0.613. The number of aliphatic imine (C=N–C) groups is 1. The van der Waals surface area contributed by atoms with E-state index in [9.17, 15) is 0 Å². The zero-order chi connectivity index (χ0) is 13.0. The third-order valence-electron chi connectivity index (χ3n) is 4.02. The average Bonchev–Trinajstić information content (AvgIpc) is 2.40. The normalized spacial score (nSPS) is 27.6. The molecular weight excluding hydrogens is 220 g/mol. The Labute approximate surface area is 111 Å².